The number of ether oxygens (including phenoxy) is 1. The molecule has 0 spiro atoms. The molecule has 5 rings (SSSR count). The number of hydrogen-bond donors (Lipinski definition) is 2. The van der Waals surface area contributed by atoms with E-state index in [2.05, 4.69) is 27.8 Å². The maximum absolute atomic E-state index is 13.2. The summed E-state index contributed by atoms with van der Waals surface area (Å²) in [6, 6.07) is 10.8. The number of benzene rings is 1. The van der Waals surface area contributed by atoms with Gasteiger partial charge in [-0.2, -0.15) is 0 Å². The molecule has 1 amide bonds. The minimum atomic E-state index is -0.386. The van der Waals surface area contributed by atoms with E-state index < -0.39 is 0 Å². The highest BCUT2D eigenvalue weighted by atomic mass is 32.1. The predicted molar refractivity (Wildman–Crippen MR) is 120 cm³/mol. The van der Waals surface area contributed by atoms with Gasteiger partial charge in [0.05, 0.1) is 22.9 Å². The van der Waals surface area contributed by atoms with E-state index in [-0.39, 0.29) is 24.6 Å². The highest BCUT2D eigenvalue weighted by molar-refractivity contribution is 7.07. The van der Waals surface area contributed by atoms with E-state index in [4.69, 9.17) is 9.72 Å². The normalized spacial score (nSPS) is 24.3. The van der Waals surface area contributed by atoms with Gasteiger partial charge in [-0.1, -0.05) is 18.2 Å². The second kappa shape index (κ2) is 9.34. The van der Waals surface area contributed by atoms with E-state index in [1.807, 2.05) is 11.6 Å². The summed E-state index contributed by atoms with van der Waals surface area (Å²) in [5.74, 6) is 1.31. The lowest BCUT2D eigenvalue weighted by Gasteiger charge is -2.19. The monoisotopic (exact) mass is 452 g/mol. The SMILES string of the molecule is O=C(NC[C@H]1C[C@@H]2CN[C@H](c3ccc(-c4ccc(F)cc4)cn3)[C@H]2C1)OCc1cscn1. The molecule has 1 aliphatic heterocycles. The first-order valence-electron chi connectivity index (χ1n) is 10.9. The fourth-order valence-electron chi connectivity index (χ4n) is 4.97. The molecule has 3 aromatic rings. The summed E-state index contributed by atoms with van der Waals surface area (Å²) in [7, 11) is 0. The Hall–Kier alpha value is -2.84. The Morgan fingerprint density at radius 2 is 2.00 bits per heavy atom. The molecule has 1 saturated carbocycles. The van der Waals surface area contributed by atoms with Crippen LogP contribution in [0.1, 0.15) is 30.3 Å². The van der Waals surface area contributed by atoms with Crippen LogP contribution in [0, 0.1) is 23.6 Å². The van der Waals surface area contributed by atoms with Gasteiger partial charge in [0.15, 0.2) is 0 Å². The minimum Gasteiger partial charge on any atom is -0.443 e. The molecule has 6 nitrogen and oxygen atoms in total. The first kappa shape index (κ1) is 21.0. The van der Waals surface area contributed by atoms with Crippen LogP contribution in [0.15, 0.2) is 53.5 Å². The van der Waals surface area contributed by atoms with Gasteiger partial charge in [0.2, 0.25) is 0 Å². The third kappa shape index (κ3) is 4.66. The number of alkyl carbamates (subject to hydrolysis) is 1. The highest BCUT2D eigenvalue weighted by Crippen LogP contribution is 2.46. The van der Waals surface area contributed by atoms with Gasteiger partial charge in [-0.3, -0.25) is 4.98 Å². The Bertz CT molecular complexity index is 1040. The lowest BCUT2D eigenvalue weighted by atomic mass is 9.91. The fourth-order valence-corrected chi connectivity index (χ4v) is 5.51. The van der Waals surface area contributed by atoms with E-state index in [0.29, 0.717) is 24.3 Å². The molecule has 3 heterocycles. The third-order valence-electron chi connectivity index (χ3n) is 6.53. The van der Waals surface area contributed by atoms with Gasteiger partial charge in [-0.15, -0.1) is 11.3 Å². The number of nitrogens with one attached hydrogen (secondary N) is 2. The van der Waals surface area contributed by atoms with Crippen LogP contribution in [0.25, 0.3) is 11.1 Å². The molecule has 0 bridgehead atoms. The van der Waals surface area contributed by atoms with Crippen molar-refractivity contribution in [2.24, 2.45) is 17.8 Å². The molecule has 2 aliphatic rings. The molecule has 2 fully saturated rings. The summed E-state index contributed by atoms with van der Waals surface area (Å²) < 4.78 is 18.4. The molecule has 1 aliphatic carbocycles. The van der Waals surface area contributed by atoms with Crippen molar-refractivity contribution in [2.45, 2.75) is 25.5 Å². The zero-order chi connectivity index (χ0) is 21.9. The summed E-state index contributed by atoms with van der Waals surface area (Å²) in [6.07, 6.45) is 3.62. The molecule has 0 unspecified atom stereocenters. The fraction of sp³-hybridized carbons (Fsp3) is 0.375. The summed E-state index contributed by atoms with van der Waals surface area (Å²) in [5.41, 5.74) is 5.47. The number of aromatic nitrogens is 2. The van der Waals surface area contributed by atoms with Crippen molar-refractivity contribution in [3.05, 3.63) is 70.7 Å². The van der Waals surface area contributed by atoms with Crippen LogP contribution in [0.2, 0.25) is 0 Å². The number of carbonyl (C=O) groups excluding carboxylic acids is 1. The molecule has 0 radical (unpaired) electrons. The molecule has 166 valence electrons. The largest absolute Gasteiger partial charge is 0.443 e. The lowest BCUT2D eigenvalue weighted by Crippen LogP contribution is -2.30. The van der Waals surface area contributed by atoms with Crippen LogP contribution in [-0.4, -0.2) is 29.2 Å². The Balaban J connectivity index is 1.14. The Kier molecular flexibility index (Phi) is 6.14. The predicted octanol–water partition coefficient (Wildman–Crippen LogP) is 4.56. The van der Waals surface area contributed by atoms with Crippen LogP contribution >= 0.6 is 11.3 Å². The van der Waals surface area contributed by atoms with Crippen molar-refractivity contribution in [1.82, 2.24) is 20.6 Å². The van der Waals surface area contributed by atoms with Crippen LogP contribution in [0.3, 0.4) is 0 Å². The molecule has 1 aromatic carbocycles. The molecular weight excluding hydrogens is 427 g/mol. The minimum absolute atomic E-state index is 0.205. The Morgan fingerprint density at radius 3 is 2.75 bits per heavy atom. The van der Waals surface area contributed by atoms with Crippen LogP contribution in [-0.2, 0) is 11.3 Å². The van der Waals surface area contributed by atoms with Gasteiger partial charge in [0, 0.05) is 23.7 Å². The molecule has 4 atom stereocenters. The zero-order valence-corrected chi connectivity index (χ0v) is 18.4. The number of nitrogens with zero attached hydrogens (tertiary/aromatic N) is 2. The van der Waals surface area contributed by atoms with E-state index >= 15 is 0 Å². The molecule has 2 N–H and O–H groups in total. The molecule has 8 heteroatoms. The van der Waals surface area contributed by atoms with Crippen molar-refractivity contribution >= 4 is 17.4 Å². The summed E-state index contributed by atoms with van der Waals surface area (Å²) >= 11 is 1.49. The van der Waals surface area contributed by atoms with Gasteiger partial charge >= 0.3 is 6.09 Å². The van der Waals surface area contributed by atoms with Gasteiger partial charge in [0.1, 0.15) is 12.4 Å². The topological polar surface area (TPSA) is 76.1 Å². The average molecular weight is 453 g/mol. The number of pyridine rings is 1. The van der Waals surface area contributed by atoms with Crippen molar-refractivity contribution in [3.8, 4) is 11.1 Å². The van der Waals surface area contributed by atoms with Crippen LogP contribution in [0.5, 0.6) is 0 Å². The van der Waals surface area contributed by atoms with Crippen molar-refractivity contribution < 1.29 is 13.9 Å². The zero-order valence-electron chi connectivity index (χ0n) is 17.5. The third-order valence-corrected chi connectivity index (χ3v) is 7.16. The average Bonchev–Trinajstić information content (AvgIpc) is 3.55. The second-order valence-corrected chi connectivity index (χ2v) is 9.28. The maximum atomic E-state index is 13.2. The number of fused-ring (bicyclic) bond motifs is 1. The van der Waals surface area contributed by atoms with E-state index in [1.165, 1.54) is 23.5 Å². The first-order chi connectivity index (χ1) is 15.7. The molecular formula is C24H25FN4O2S. The summed E-state index contributed by atoms with van der Waals surface area (Å²) in [4.78, 5) is 20.8. The quantitative estimate of drug-likeness (QED) is 0.574. The van der Waals surface area contributed by atoms with E-state index in [1.54, 1.807) is 17.6 Å². The number of hydrogen-bond acceptors (Lipinski definition) is 6. The molecule has 2 aromatic heterocycles. The molecule has 1 saturated heterocycles. The lowest BCUT2D eigenvalue weighted by molar-refractivity contribution is 0.136. The maximum Gasteiger partial charge on any atom is 0.407 e. The standard InChI is InChI=1S/C24H25FN4O2S/c25-19-4-1-16(2-5-19)17-3-6-22(26-10-17)23-21-8-15(7-18(21)11-27-23)9-28-24(30)31-12-20-13-32-14-29-20/h1-6,10,13-15,18,21,23,27H,7-9,11-12H2,(H,28,30)/t15-,18+,21-,23-/m0/s1. The van der Waals surface area contributed by atoms with Crippen molar-refractivity contribution in [2.75, 3.05) is 13.1 Å². The summed E-state index contributed by atoms with van der Waals surface area (Å²) in [6.45, 7) is 1.81. The van der Waals surface area contributed by atoms with Gasteiger partial charge in [0.25, 0.3) is 0 Å². The number of thiazole rings is 1. The smallest absolute Gasteiger partial charge is 0.407 e. The van der Waals surface area contributed by atoms with Gasteiger partial charge in [-0.25, -0.2) is 14.2 Å². The Morgan fingerprint density at radius 1 is 1.16 bits per heavy atom. The van der Waals surface area contributed by atoms with Gasteiger partial charge < -0.3 is 15.4 Å². The Labute approximate surface area is 190 Å². The van der Waals surface area contributed by atoms with Crippen molar-refractivity contribution in [3.63, 3.8) is 0 Å². The van der Waals surface area contributed by atoms with Gasteiger partial charge in [-0.05, 0) is 60.9 Å². The van der Waals surface area contributed by atoms with Crippen LogP contribution in [0.4, 0.5) is 9.18 Å². The highest BCUT2D eigenvalue weighted by Gasteiger charge is 2.44. The van der Waals surface area contributed by atoms with E-state index in [9.17, 15) is 9.18 Å². The first-order valence-corrected chi connectivity index (χ1v) is 11.8. The number of amides is 1. The van der Waals surface area contributed by atoms with Crippen molar-refractivity contribution in [1.29, 1.82) is 0 Å². The van der Waals surface area contributed by atoms with Crippen LogP contribution < -0.4 is 10.6 Å². The second-order valence-electron chi connectivity index (χ2n) is 8.56. The number of halogens is 1. The number of carbonyl (C=O) groups is 1. The molecule has 32 heavy (non-hydrogen) atoms. The van der Waals surface area contributed by atoms with E-state index in [0.717, 1.165) is 41.9 Å². The number of rotatable bonds is 6. The summed E-state index contributed by atoms with van der Waals surface area (Å²) in [5, 5.41) is 8.42.